The van der Waals surface area contributed by atoms with Gasteiger partial charge in [-0.3, -0.25) is 9.80 Å². The van der Waals surface area contributed by atoms with Crippen molar-refractivity contribution in [2.24, 2.45) is 11.8 Å². The van der Waals surface area contributed by atoms with E-state index in [0.29, 0.717) is 6.04 Å². The third kappa shape index (κ3) is 4.55. The van der Waals surface area contributed by atoms with Gasteiger partial charge in [0.15, 0.2) is 5.11 Å². The highest BCUT2D eigenvalue weighted by Crippen LogP contribution is 2.36. The molecule has 0 spiro atoms. The van der Waals surface area contributed by atoms with Gasteiger partial charge in [0.1, 0.15) is 0 Å². The Kier molecular flexibility index (Phi) is 6.05. The van der Waals surface area contributed by atoms with Crippen LogP contribution in [0.4, 0.5) is 5.69 Å². The first-order chi connectivity index (χ1) is 12.8. The Balaban J connectivity index is 1.23. The maximum absolute atomic E-state index is 5.49. The van der Waals surface area contributed by atoms with Crippen LogP contribution < -0.4 is 10.6 Å². The standard InChI is InChI=1S/C20H30N4OS/c26-20(22-18-4-2-1-3-5-18)21-13-19-12-16-6-7-24(19)15-17(16)14-23-8-10-25-11-9-23/h1-5,16-17,19H,6-15H2,(H2,21,22,26). The molecule has 1 aromatic carbocycles. The van der Waals surface area contributed by atoms with Crippen LogP contribution in [0.25, 0.3) is 0 Å². The molecular formula is C20H30N4OS. The number of hydrogen-bond donors (Lipinski definition) is 2. The molecule has 4 atom stereocenters. The first-order valence-corrected chi connectivity index (χ1v) is 10.3. The number of benzene rings is 1. The predicted molar refractivity (Wildman–Crippen MR) is 109 cm³/mol. The van der Waals surface area contributed by atoms with E-state index in [4.69, 9.17) is 17.0 Å². The second-order valence-corrected chi connectivity index (χ2v) is 8.22. The lowest BCUT2D eigenvalue weighted by Crippen LogP contribution is -2.59. The fourth-order valence-corrected chi connectivity index (χ4v) is 4.89. The van der Waals surface area contributed by atoms with Gasteiger partial charge < -0.3 is 15.4 Å². The number of anilines is 1. The van der Waals surface area contributed by atoms with Gasteiger partial charge in [-0.1, -0.05) is 18.2 Å². The highest BCUT2D eigenvalue weighted by atomic mass is 32.1. The van der Waals surface area contributed by atoms with Crippen LogP contribution in [0.2, 0.25) is 0 Å². The molecule has 4 aliphatic heterocycles. The summed E-state index contributed by atoms with van der Waals surface area (Å²) in [5.74, 6) is 1.69. The maximum Gasteiger partial charge on any atom is 0.170 e. The maximum atomic E-state index is 5.49. The fraction of sp³-hybridized carbons (Fsp3) is 0.650. The van der Waals surface area contributed by atoms with Crippen LogP contribution in [0, 0.1) is 11.8 Å². The SMILES string of the molecule is S=C(NCC1CC2CCN1CC2CN1CCOCC1)Nc1ccccc1. The Morgan fingerprint density at radius 2 is 1.96 bits per heavy atom. The number of nitrogens with one attached hydrogen (secondary N) is 2. The molecule has 0 saturated carbocycles. The van der Waals surface area contributed by atoms with Crippen molar-refractivity contribution in [3.63, 3.8) is 0 Å². The van der Waals surface area contributed by atoms with E-state index < -0.39 is 0 Å². The van der Waals surface area contributed by atoms with E-state index in [1.165, 1.54) is 32.5 Å². The predicted octanol–water partition coefficient (Wildman–Crippen LogP) is 2.02. The van der Waals surface area contributed by atoms with Gasteiger partial charge >= 0.3 is 0 Å². The van der Waals surface area contributed by atoms with Crippen LogP contribution >= 0.6 is 12.2 Å². The zero-order valence-electron chi connectivity index (χ0n) is 15.4. The molecule has 4 saturated heterocycles. The van der Waals surface area contributed by atoms with Crippen molar-refractivity contribution in [3.05, 3.63) is 30.3 Å². The van der Waals surface area contributed by atoms with Crippen LogP contribution in [0.15, 0.2) is 30.3 Å². The number of nitrogens with zero attached hydrogens (tertiary/aromatic N) is 2. The first-order valence-electron chi connectivity index (χ1n) is 9.92. The summed E-state index contributed by atoms with van der Waals surface area (Å²) < 4.78 is 5.49. The zero-order valence-corrected chi connectivity index (χ0v) is 16.2. The number of para-hydroxylation sites is 1. The van der Waals surface area contributed by atoms with Crippen LogP contribution in [-0.4, -0.2) is 73.4 Å². The number of rotatable bonds is 5. The number of piperidine rings is 3. The van der Waals surface area contributed by atoms with E-state index >= 15 is 0 Å². The first kappa shape index (κ1) is 18.2. The minimum absolute atomic E-state index is 0.616. The molecule has 0 aromatic heterocycles. The van der Waals surface area contributed by atoms with Crippen molar-refractivity contribution in [1.82, 2.24) is 15.1 Å². The van der Waals surface area contributed by atoms with Crippen LogP contribution in [0.1, 0.15) is 12.8 Å². The Bertz CT molecular complexity index is 593. The zero-order chi connectivity index (χ0) is 17.8. The molecule has 4 aliphatic rings. The summed E-state index contributed by atoms with van der Waals surface area (Å²) in [4.78, 5) is 5.28. The van der Waals surface area contributed by atoms with Crippen LogP contribution in [0.3, 0.4) is 0 Å². The molecule has 142 valence electrons. The van der Waals surface area contributed by atoms with E-state index in [9.17, 15) is 0 Å². The molecule has 2 N–H and O–H groups in total. The average Bonchev–Trinajstić information content (AvgIpc) is 2.69. The topological polar surface area (TPSA) is 39.8 Å². The van der Waals surface area contributed by atoms with Crippen molar-refractivity contribution in [1.29, 1.82) is 0 Å². The van der Waals surface area contributed by atoms with E-state index in [0.717, 1.165) is 55.5 Å². The fourth-order valence-electron chi connectivity index (χ4n) is 4.69. The molecule has 4 heterocycles. The van der Waals surface area contributed by atoms with Crippen molar-refractivity contribution in [2.45, 2.75) is 18.9 Å². The molecule has 4 unspecified atom stereocenters. The summed E-state index contributed by atoms with van der Waals surface area (Å²) in [5, 5.41) is 7.43. The normalized spacial score (nSPS) is 31.5. The summed E-state index contributed by atoms with van der Waals surface area (Å²) >= 11 is 5.46. The smallest absolute Gasteiger partial charge is 0.170 e. The molecule has 5 nitrogen and oxygen atoms in total. The van der Waals surface area contributed by atoms with Gasteiger partial charge in [-0.2, -0.15) is 0 Å². The van der Waals surface area contributed by atoms with Gasteiger partial charge in [-0.05, 0) is 55.6 Å². The molecule has 26 heavy (non-hydrogen) atoms. The van der Waals surface area contributed by atoms with Gasteiger partial charge in [0.25, 0.3) is 0 Å². The number of morpholine rings is 1. The molecule has 0 aliphatic carbocycles. The van der Waals surface area contributed by atoms with Crippen LogP contribution in [0.5, 0.6) is 0 Å². The van der Waals surface area contributed by atoms with E-state index in [1.807, 2.05) is 30.3 Å². The third-order valence-corrected chi connectivity index (χ3v) is 6.39. The molecule has 4 fully saturated rings. The monoisotopic (exact) mass is 374 g/mol. The lowest BCUT2D eigenvalue weighted by Gasteiger charge is -2.51. The molecule has 2 bridgehead atoms. The average molecular weight is 375 g/mol. The van der Waals surface area contributed by atoms with Crippen LogP contribution in [-0.2, 0) is 4.74 Å². The summed E-state index contributed by atoms with van der Waals surface area (Å²) in [5.41, 5.74) is 1.04. The minimum Gasteiger partial charge on any atom is -0.379 e. The Labute approximate surface area is 162 Å². The minimum atomic E-state index is 0.616. The van der Waals surface area contributed by atoms with Crippen molar-refractivity contribution >= 4 is 23.0 Å². The molecule has 5 rings (SSSR count). The Morgan fingerprint density at radius 3 is 2.69 bits per heavy atom. The van der Waals surface area contributed by atoms with Crippen molar-refractivity contribution in [2.75, 3.05) is 57.8 Å². The lowest BCUT2D eigenvalue weighted by atomic mass is 9.75. The largest absolute Gasteiger partial charge is 0.379 e. The molecule has 6 heteroatoms. The Hall–Kier alpha value is -1.21. The molecule has 0 radical (unpaired) electrons. The van der Waals surface area contributed by atoms with Gasteiger partial charge in [0.2, 0.25) is 0 Å². The molecule has 0 amide bonds. The summed E-state index contributed by atoms with van der Waals surface area (Å²) in [7, 11) is 0. The third-order valence-electron chi connectivity index (χ3n) is 6.14. The van der Waals surface area contributed by atoms with Gasteiger partial charge in [-0.15, -0.1) is 0 Å². The highest BCUT2D eigenvalue weighted by molar-refractivity contribution is 7.80. The number of hydrogen-bond acceptors (Lipinski definition) is 4. The second kappa shape index (κ2) is 8.65. The number of fused-ring (bicyclic) bond motifs is 3. The van der Waals surface area contributed by atoms with Crippen molar-refractivity contribution in [3.8, 4) is 0 Å². The highest BCUT2D eigenvalue weighted by Gasteiger charge is 2.40. The number of thiocarbonyl (C=S) groups is 1. The van der Waals surface area contributed by atoms with E-state index in [-0.39, 0.29) is 0 Å². The lowest BCUT2D eigenvalue weighted by molar-refractivity contribution is -0.0286. The van der Waals surface area contributed by atoms with Gasteiger partial charge in [0.05, 0.1) is 13.2 Å². The Morgan fingerprint density at radius 1 is 1.15 bits per heavy atom. The molecular weight excluding hydrogens is 344 g/mol. The van der Waals surface area contributed by atoms with Gasteiger partial charge in [-0.25, -0.2) is 0 Å². The summed E-state index contributed by atoms with van der Waals surface area (Å²) in [6.45, 7) is 8.70. The summed E-state index contributed by atoms with van der Waals surface area (Å²) in [6, 6.07) is 10.7. The second-order valence-electron chi connectivity index (χ2n) is 7.81. The van der Waals surface area contributed by atoms with Gasteiger partial charge in [0, 0.05) is 44.5 Å². The van der Waals surface area contributed by atoms with E-state index in [1.54, 1.807) is 0 Å². The molecule has 1 aromatic rings. The van der Waals surface area contributed by atoms with E-state index in [2.05, 4.69) is 20.4 Å². The quantitative estimate of drug-likeness (QED) is 0.769. The van der Waals surface area contributed by atoms with Crippen molar-refractivity contribution < 1.29 is 4.74 Å². The summed E-state index contributed by atoms with van der Waals surface area (Å²) in [6.07, 6.45) is 2.66. The number of ether oxygens (including phenoxy) is 1.